The molecular weight excluding hydrogens is 767 g/mol. The van der Waals surface area contributed by atoms with Crippen molar-refractivity contribution in [3.05, 3.63) is 240 Å². The molecule has 11 aromatic rings. The van der Waals surface area contributed by atoms with Gasteiger partial charge in [-0.25, -0.2) is 0 Å². The molecule has 2 heteroatoms. The van der Waals surface area contributed by atoms with E-state index in [4.69, 9.17) is 0 Å². The van der Waals surface area contributed by atoms with E-state index in [9.17, 15) is 0 Å². The Kier molecular flexibility index (Phi) is 8.90. The van der Waals surface area contributed by atoms with E-state index in [2.05, 4.69) is 229 Å². The summed E-state index contributed by atoms with van der Waals surface area (Å²) in [6, 6.07) is 80.5. The molecule has 0 unspecified atom stereocenters. The molecule has 0 spiro atoms. The first kappa shape index (κ1) is 36.3. The van der Waals surface area contributed by atoms with E-state index >= 15 is 0 Å². The van der Waals surface area contributed by atoms with Crippen molar-refractivity contribution in [1.29, 1.82) is 0 Å². The summed E-state index contributed by atoms with van der Waals surface area (Å²) in [5, 5.41) is 8.95. The van der Waals surface area contributed by atoms with Crippen LogP contribution in [0, 0.1) is 0 Å². The lowest BCUT2D eigenvalue weighted by atomic mass is 9.91. The van der Waals surface area contributed by atoms with E-state index in [-0.39, 0.29) is 0 Å². The number of nitrogens with zero attached hydrogens (tertiary/aromatic N) is 1. The Hall–Kier alpha value is -7.52. The minimum atomic E-state index is 1.03. The van der Waals surface area contributed by atoms with Crippen LogP contribution in [-0.4, -0.2) is 0 Å². The number of hydrogen-bond acceptors (Lipinski definition) is 2. The topological polar surface area (TPSA) is 3.24 Å². The summed E-state index contributed by atoms with van der Waals surface area (Å²) < 4.78 is 1.36. The van der Waals surface area contributed by atoms with Crippen molar-refractivity contribution in [3.63, 3.8) is 0 Å². The Balaban J connectivity index is 1.07. The van der Waals surface area contributed by atoms with Crippen LogP contribution in [0.3, 0.4) is 0 Å². The Labute approximate surface area is 366 Å². The SMILES string of the molecule is C1=C(c2cccc(N(c3ccc(-c4cc5ccccc5c5ccccc45)cc3)c3cc(-c4cccc5ccccc45)ccc3-c3ccccc3)c2)c2sc3ccccc3c2CC1. The van der Waals surface area contributed by atoms with Gasteiger partial charge in [-0.15, -0.1) is 11.3 Å². The second kappa shape index (κ2) is 15.2. The highest BCUT2D eigenvalue weighted by Gasteiger charge is 2.23. The van der Waals surface area contributed by atoms with Crippen LogP contribution >= 0.6 is 11.3 Å². The molecule has 0 atom stereocenters. The molecule has 0 radical (unpaired) electrons. The molecular formula is C60H41NS. The average Bonchev–Trinajstić information content (AvgIpc) is 3.73. The third-order valence-electron chi connectivity index (χ3n) is 12.7. The number of allylic oxidation sites excluding steroid dienone is 1. The van der Waals surface area contributed by atoms with Gasteiger partial charge in [0.1, 0.15) is 0 Å². The highest BCUT2D eigenvalue weighted by atomic mass is 32.1. The van der Waals surface area contributed by atoms with Crippen molar-refractivity contribution in [2.24, 2.45) is 0 Å². The van der Waals surface area contributed by atoms with Crippen LogP contribution in [0.1, 0.15) is 22.4 Å². The fourth-order valence-corrected chi connectivity index (χ4v) is 11.1. The lowest BCUT2D eigenvalue weighted by Crippen LogP contribution is -2.12. The Morgan fingerprint density at radius 3 is 1.87 bits per heavy atom. The number of anilines is 3. The molecule has 1 heterocycles. The molecule has 0 bridgehead atoms. The van der Waals surface area contributed by atoms with E-state index in [0.29, 0.717) is 0 Å². The first-order valence-electron chi connectivity index (χ1n) is 21.6. The van der Waals surface area contributed by atoms with Crippen molar-refractivity contribution in [3.8, 4) is 33.4 Å². The highest BCUT2D eigenvalue weighted by molar-refractivity contribution is 7.20. The van der Waals surface area contributed by atoms with Gasteiger partial charge in [0.25, 0.3) is 0 Å². The van der Waals surface area contributed by atoms with Crippen LogP contribution in [0.25, 0.3) is 81.4 Å². The van der Waals surface area contributed by atoms with E-state index in [1.54, 1.807) is 0 Å². The smallest absolute Gasteiger partial charge is 0.0546 e. The molecule has 1 aliphatic rings. The van der Waals surface area contributed by atoms with Gasteiger partial charge in [0, 0.05) is 26.5 Å². The molecule has 0 N–H and O–H groups in total. The zero-order valence-corrected chi connectivity index (χ0v) is 34.9. The lowest BCUT2D eigenvalue weighted by Gasteiger charge is -2.29. The zero-order valence-electron chi connectivity index (χ0n) is 34.1. The molecule has 12 rings (SSSR count). The summed E-state index contributed by atoms with van der Waals surface area (Å²) in [5.41, 5.74) is 14.6. The van der Waals surface area contributed by atoms with Gasteiger partial charge in [0.15, 0.2) is 0 Å². The molecule has 1 nitrogen and oxygen atoms in total. The molecule has 62 heavy (non-hydrogen) atoms. The van der Waals surface area contributed by atoms with Crippen LogP contribution in [-0.2, 0) is 6.42 Å². The third-order valence-corrected chi connectivity index (χ3v) is 14.0. The summed E-state index contributed by atoms with van der Waals surface area (Å²) in [5.74, 6) is 0. The fraction of sp³-hybridized carbons (Fsp3) is 0.0333. The molecule has 0 saturated heterocycles. The first-order chi connectivity index (χ1) is 30.7. The maximum absolute atomic E-state index is 2.48. The van der Waals surface area contributed by atoms with Crippen molar-refractivity contribution in [2.45, 2.75) is 12.8 Å². The van der Waals surface area contributed by atoms with Crippen molar-refractivity contribution in [1.82, 2.24) is 0 Å². The number of thiophene rings is 1. The van der Waals surface area contributed by atoms with Gasteiger partial charge in [-0.2, -0.15) is 0 Å². The molecule has 10 aromatic carbocycles. The zero-order chi connectivity index (χ0) is 41.0. The first-order valence-corrected chi connectivity index (χ1v) is 22.4. The summed E-state index contributed by atoms with van der Waals surface area (Å²) in [4.78, 5) is 3.88. The van der Waals surface area contributed by atoms with E-state index in [1.165, 1.54) is 97.4 Å². The summed E-state index contributed by atoms with van der Waals surface area (Å²) in [6.07, 6.45) is 4.57. The molecule has 0 aliphatic heterocycles. The second-order valence-corrected chi connectivity index (χ2v) is 17.4. The van der Waals surface area contributed by atoms with Gasteiger partial charge in [0.05, 0.1) is 5.69 Å². The largest absolute Gasteiger partial charge is 0.310 e. The lowest BCUT2D eigenvalue weighted by molar-refractivity contribution is 0.998. The standard InChI is InChI=1S/C60H41NS/c1-2-15-41(16-3-1)51-36-33-45(49-27-13-19-40-17-4-6-22-48(40)49)39-58(51)61(47-21-12-20-43(37-47)52-28-14-29-56-55-26-10-11-30-59(55)62-60(52)56)46-34-31-42(32-35-46)57-38-44-18-5-7-23-50(44)53-24-8-9-25-54(53)57/h1-13,15-28,30-39H,14,29H2. The second-order valence-electron chi connectivity index (χ2n) is 16.3. The Morgan fingerprint density at radius 2 is 1.02 bits per heavy atom. The monoisotopic (exact) mass is 807 g/mol. The number of aryl methyl sites for hydroxylation is 1. The molecule has 0 amide bonds. The minimum Gasteiger partial charge on any atom is -0.310 e. The van der Waals surface area contributed by atoms with Gasteiger partial charge in [-0.05, 0) is 138 Å². The summed E-state index contributed by atoms with van der Waals surface area (Å²) in [6.45, 7) is 0. The summed E-state index contributed by atoms with van der Waals surface area (Å²) in [7, 11) is 0. The maximum Gasteiger partial charge on any atom is 0.0546 e. The molecule has 0 fully saturated rings. The molecule has 1 aromatic heterocycles. The van der Waals surface area contributed by atoms with Gasteiger partial charge in [-0.1, -0.05) is 182 Å². The Bertz CT molecular complexity index is 3510. The van der Waals surface area contributed by atoms with Gasteiger partial charge in [0.2, 0.25) is 0 Å². The predicted molar refractivity (Wildman–Crippen MR) is 267 cm³/mol. The van der Waals surface area contributed by atoms with Crippen LogP contribution in [0.5, 0.6) is 0 Å². The Morgan fingerprint density at radius 1 is 0.371 bits per heavy atom. The van der Waals surface area contributed by atoms with Crippen molar-refractivity contribution >= 4 is 76.4 Å². The minimum absolute atomic E-state index is 1.03. The van der Waals surface area contributed by atoms with E-state index < -0.39 is 0 Å². The number of benzene rings is 10. The number of fused-ring (bicyclic) bond motifs is 7. The van der Waals surface area contributed by atoms with Gasteiger partial charge >= 0.3 is 0 Å². The average molecular weight is 808 g/mol. The molecule has 0 saturated carbocycles. The van der Waals surface area contributed by atoms with Crippen LogP contribution in [0.2, 0.25) is 0 Å². The van der Waals surface area contributed by atoms with Gasteiger partial charge in [-0.3, -0.25) is 0 Å². The van der Waals surface area contributed by atoms with E-state index in [1.807, 2.05) is 11.3 Å². The number of rotatable bonds is 7. The van der Waals surface area contributed by atoms with Crippen molar-refractivity contribution < 1.29 is 0 Å². The maximum atomic E-state index is 2.48. The molecule has 292 valence electrons. The normalized spacial score (nSPS) is 12.5. The molecule has 1 aliphatic carbocycles. The summed E-state index contributed by atoms with van der Waals surface area (Å²) >= 11 is 1.93. The van der Waals surface area contributed by atoms with Gasteiger partial charge < -0.3 is 4.90 Å². The van der Waals surface area contributed by atoms with Crippen LogP contribution in [0.4, 0.5) is 17.1 Å². The van der Waals surface area contributed by atoms with E-state index in [0.717, 1.165) is 29.9 Å². The predicted octanol–water partition coefficient (Wildman–Crippen LogP) is 17.2. The van der Waals surface area contributed by atoms with Crippen molar-refractivity contribution in [2.75, 3.05) is 4.90 Å². The van der Waals surface area contributed by atoms with Crippen LogP contribution in [0.15, 0.2) is 224 Å². The highest BCUT2D eigenvalue weighted by Crippen LogP contribution is 2.47. The third kappa shape index (κ3) is 6.22. The van der Waals surface area contributed by atoms with Crippen LogP contribution < -0.4 is 4.90 Å². The number of hydrogen-bond donors (Lipinski definition) is 0. The fourth-order valence-electron chi connectivity index (χ4n) is 9.81. The quantitative estimate of drug-likeness (QED) is 0.145.